The lowest BCUT2D eigenvalue weighted by Crippen LogP contribution is -2.65. The molecule has 1 aliphatic rings. The maximum Gasteiger partial charge on any atom is 0.0113 e. The average Bonchev–Trinajstić information content (AvgIpc) is 2.76. The van der Waals surface area contributed by atoms with E-state index in [2.05, 4.69) is 55.1 Å². The maximum absolute atomic E-state index is 3.12. The molecule has 1 fully saturated rings. The molecule has 180 valence electrons. The van der Waals surface area contributed by atoms with Crippen molar-refractivity contribution in [3.63, 3.8) is 0 Å². The fourth-order valence-electron chi connectivity index (χ4n) is 3.66. The van der Waals surface area contributed by atoms with Crippen LogP contribution < -0.4 is 55.1 Å². The summed E-state index contributed by atoms with van der Waals surface area (Å²) in [5.41, 5.74) is 28.4. The van der Waals surface area contributed by atoms with Crippen LogP contribution in [-0.2, 0) is 0 Å². The minimum absolute atomic E-state index is 0.942. The number of hydrogen-bond acceptors (Lipinski definition) is 10. The molecule has 0 amide bonds. The number of nitrogens with one attached hydrogen (secondary N) is 10. The van der Waals surface area contributed by atoms with Gasteiger partial charge in [-0.05, 0) is 12.8 Å². The summed E-state index contributed by atoms with van der Waals surface area (Å²) in [6.07, 6.45) is 24.7. The van der Waals surface area contributed by atoms with E-state index in [9.17, 15) is 0 Å². The molecule has 30 heavy (non-hydrogen) atoms. The highest BCUT2D eigenvalue weighted by Crippen LogP contribution is 2.14. The number of hydrazine groups is 9. The highest BCUT2D eigenvalue weighted by Gasteiger charge is 1.96. The van der Waals surface area contributed by atoms with Gasteiger partial charge in [-0.1, -0.05) is 103 Å². The van der Waals surface area contributed by atoms with Gasteiger partial charge in [-0.25, -0.2) is 10.9 Å². The molecule has 1 heterocycles. The van der Waals surface area contributed by atoms with Gasteiger partial charge in [0.1, 0.15) is 0 Å². The monoisotopic (exact) mass is 430 g/mol. The largest absolute Gasteiger partial charge is 0.243 e. The smallest absolute Gasteiger partial charge is 0.0113 e. The van der Waals surface area contributed by atoms with Crippen LogP contribution in [0.25, 0.3) is 0 Å². The molecule has 0 bridgehead atoms. The first-order valence-corrected chi connectivity index (χ1v) is 12.5. The second-order valence-corrected chi connectivity index (χ2v) is 8.22. The SMILES string of the molecule is C1CCCCCCCCCCNNNNNNNNNNCCCCCCCCC1. The molecule has 0 aromatic rings. The summed E-state index contributed by atoms with van der Waals surface area (Å²) in [4.78, 5) is 0. The van der Waals surface area contributed by atoms with Crippen molar-refractivity contribution >= 4 is 0 Å². The second-order valence-electron chi connectivity index (χ2n) is 8.22. The standard InChI is InChI=1S/C20H50N10/c1-2-4-6-8-10-12-14-16-18-20-22-24-26-28-30-29-27-25-23-21-19-17-15-13-11-9-7-5-3-1/h21-30H,1-20H2. The van der Waals surface area contributed by atoms with Crippen molar-refractivity contribution in [2.24, 2.45) is 0 Å². The topological polar surface area (TPSA) is 120 Å². The van der Waals surface area contributed by atoms with Gasteiger partial charge in [-0.2, -0.15) is 44.3 Å². The van der Waals surface area contributed by atoms with E-state index < -0.39 is 0 Å². The molecule has 10 N–H and O–H groups in total. The number of rotatable bonds is 0. The zero-order valence-corrected chi connectivity index (χ0v) is 19.1. The second kappa shape index (κ2) is 24.9. The Balaban J connectivity index is 2.00. The summed E-state index contributed by atoms with van der Waals surface area (Å²) in [7, 11) is 0. The van der Waals surface area contributed by atoms with Gasteiger partial charge in [0, 0.05) is 13.1 Å². The lowest BCUT2D eigenvalue weighted by atomic mass is 10.0. The Bertz CT molecular complexity index is 175. The summed E-state index contributed by atoms with van der Waals surface area (Å²) in [6.45, 7) is 1.88. The van der Waals surface area contributed by atoms with Crippen LogP contribution in [0, 0.1) is 0 Å². The molecule has 0 saturated carbocycles. The van der Waals surface area contributed by atoms with E-state index in [-0.39, 0.29) is 0 Å². The van der Waals surface area contributed by atoms with Crippen molar-refractivity contribution < 1.29 is 0 Å². The highest BCUT2D eigenvalue weighted by molar-refractivity contribution is 4.51. The fourth-order valence-corrected chi connectivity index (χ4v) is 3.66. The third-order valence-corrected chi connectivity index (χ3v) is 5.47. The van der Waals surface area contributed by atoms with Crippen LogP contribution in [0.4, 0.5) is 0 Å². The molecule has 0 radical (unpaired) electrons. The molecule has 0 spiro atoms. The third-order valence-electron chi connectivity index (χ3n) is 5.47. The lowest BCUT2D eigenvalue weighted by Gasteiger charge is -2.13. The van der Waals surface area contributed by atoms with Gasteiger partial charge < -0.3 is 0 Å². The Morgan fingerprint density at radius 2 is 0.400 bits per heavy atom. The molecular formula is C20H50N10. The van der Waals surface area contributed by atoms with Gasteiger partial charge in [-0.3, -0.25) is 0 Å². The summed E-state index contributed by atoms with van der Waals surface area (Å²) in [6, 6.07) is 0. The molecular weight excluding hydrogens is 380 g/mol. The first kappa shape index (κ1) is 27.6. The van der Waals surface area contributed by atoms with Gasteiger partial charge in [0.05, 0.1) is 0 Å². The summed E-state index contributed by atoms with van der Waals surface area (Å²) in [5, 5.41) is 0. The Morgan fingerprint density at radius 3 is 0.667 bits per heavy atom. The minimum atomic E-state index is 0.942. The van der Waals surface area contributed by atoms with Crippen molar-refractivity contribution in [3.05, 3.63) is 0 Å². The van der Waals surface area contributed by atoms with Crippen molar-refractivity contribution in [3.8, 4) is 0 Å². The Kier molecular flexibility index (Phi) is 22.9. The van der Waals surface area contributed by atoms with E-state index in [1.165, 1.54) is 116 Å². The van der Waals surface area contributed by atoms with Crippen molar-refractivity contribution in [1.29, 1.82) is 0 Å². The van der Waals surface area contributed by atoms with Crippen LogP contribution in [0.2, 0.25) is 0 Å². The van der Waals surface area contributed by atoms with Gasteiger partial charge in [0.15, 0.2) is 0 Å². The lowest BCUT2D eigenvalue weighted by molar-refractivity contribution is 0.232. The van der Waals surface area contributed by atoms with Crippen LogP contribution in [-0.4, -0.2) is 13.1 Å². The van der Waals surface area contributed by atoms with Gasteiger partial charge >= 0.3 is 0 Å². The fraction of sp³-hybridized carbons (Fsp3) is 1.00. The minimum Gasteiger partial charge on any atom is -0.243 e. The zero-order chi connectivity index (χ0) is 21.2. The molecule has 0 atom stereocenters. The first-order valence-electron chi connectivity index (χ1n) is 12.5. The zero-order valence-electron chi connectivity index (χ0n) is 19.1. The highest BCUT2D eigenvalue weighted by atomic mass is 15.9. The van der Waals surface area contributed by atoms with E-state index in [0.717, 1.165) is 13.1 Å². The van der Waals surface area contributed by atoms with Crippen molar-refractivity contribution in [2.45, 2.75) is 116 Å². The van der Waals surface area contributed by atoms with Crippen LogP contribution in [0.15, 0.2) is 0 Å². The molecule has 0 aliphatic carbocycles. The first-order chi connectivity index (χ1) is 15.0. The predicted octanol–water partition coefficient (Wildman–Crippen LogP) is 2.15. The molecule has 1 aliphatic heterocycles. The van der Waals surface area contributed by atoms with Crippen LogP contribution >= 0.6 is 0 Å². The molecule has 1 rings (SSSR count). The quantitative estimate of drug-likeness (QED) is 0.280. The van der Waals surface area contributed by atoms with E-state index in [0.29, 0.717) is 0 Å². The molecule has 0 aromatic heterocycles. The normalized spacial score (nSPS) is 24.0. The third kappa shape index (κ3) is 22.3. The van der Waals surface area contributed by atoms with Crippen molar-refractivity contribution in [2.75, 3.05) is 13.1 Å². The van der Waals surface area contributed by atoms with E-state index >= 15 is 0 Å². The number of hydrogen-bond donors (Lipinski definition) is 10. The summed E-state index contributed by atoms with van der Waals surface area (Å²) >= 11 is 0. The Morgan fingerprint density at radius 1 is 0.200 bits per heavy atom. The Hall–Kier alpha value is -0.400. The van der Waals surface area contributed by atoms with E-state index in [1.807, 2.05) is 0 Å². The van der Waals surface area contributed by atoms with E-state index in [1.54, 1.807) is 0 Å². The van der Waals surface area contributed by atoms with Gasteiger partial charge in [0.2, 0.25) is 0 Å². The van der Waals surface area contributed by atoms with Crippen molar-refractivity contribution in [1.82, 2.24) is 55.1 Å². The molecule has 0 aromatic carbocycles. The molecule has 10 heteroatoms. The molecule has 0 unspecified atom stereocenters. The van der Waals surface area contributed by atoms with Gasteiger partial charge in [0.25, 0.3) is 0 Å². The molecule has 10 nitrogen and oxygen atoms in total. The average molecular weight is 431 g/mol. The molecule has 1 saturated heterocycles. The van der Waals surface area contributed by atoms with Crippen LogP contribution in [0.1, 0.15) is 116 Å². The Labute approximate surface area is 184 Å². The van der Waals surface area contributed by atoms with Gasteiger partial charge in [-0.15, -0.1) is 0 Å². The summed E-state index contributed by atoms with van der Waals surface area (Å²) < 4.78 is 0. The van der Waals surface area contributed by atoms with Crippen LogP contribution in [0.5, 0.6) is 0 Å². The predicted molar refractivity (Wildman–Crippen MR) is 124 cm³/mol. The summed E-state index contributed by atoms with van der Waals surface area (Å²) in [5.74, 6) is 0. The maximum atomic E-state index is 3.12. The van der Waals surface area contributed by atoms with Crippen LogP contribution in [0.3, 0.4) is 0 Å². The van der Waals surface area contributed by atoms with E-state index in [4.69, 9.17) is 0 Å².